The van der Waals surface area contributed by atoms with Crippen LogP contribution in [0.1, 0.15) is 5.56 Å². The molecule has 0 fully saturated rings. The molecule has 4 N–H and O–H groups in total. The second-order valence-electron chi connectivity index (χ2n) is 3.51. The van der Waals surface area contributed by atoms with E-state index in [0.717, 1.165) is 0 Å². The van der Waals surface area contributed by atoms with E-state index in [2.05, 4.69) is 24.3 Å². The summed E-state index contributed by atoms with van der Waals surface area (Å²) in [7, 11) is 0. The zero-order valence-electron chi connectivity index (χ0n) is 9.78. The van der Waals surface area contributed by atoms with Crippen molar-refractivity contribution in [1.29, 1.82) is 0 Å². The summed E-state index contributed by atoms with van der Waals surface area (Å²) in [5, 5.41) is 13.9. The molecule has 0 aromatic heterocycles. The minimum atomic E-state index is -1.83. The van der Waals surface area contributed by atoms with E-state index < -0.39 is 6.16 Å². The fourth-order valence-corrected chi connectivity index (χ4v) is 1.60. The van der Waals surface area contributed by atoms with E-state index in [1.165, 1.54) is 16.7 Å². The Morgan fingerprint density at radius 1 is 0.944 bits per heavy atom. The Labute approximate surface area is 105 Å². The van der Waals surface area contributed by atoms with Crippen LogP contribution in [0.15, 0.2) is 54.6 Å². The summed E-state index contributed by atoms with van der Waals surface area (Å²) in [6.07, 6.45) is -1.83. The van der Waals surface area contributed by atoms with Crippen LogP contribution < -0.4 is 5.73 Å². The van der Waals surface area contributed by atoms with Crippen LogP contribution in [-0.4, -0.2) is 16.4 Å². The minimum absolute atomic E-state index is 0.588. The summed E-state index contributed by atoms with van der Waals surface area (Å²) in [5.74, 6) is 0. The van der Waals surface area contributed by atoms with Gasteiger partial charge in [-0.05, 0) is 16.7 Å². The fraction of sp³-hybridized carbons (Fsp3) is 0.0714. The van der Waals surface area contributed by atoms with Gasteiger partial charge in [-0.25, -0.2) is 4.79 Å². The standard InChI is InChI=1S/C13H13N.CH2O3/c14-10-12-8-4-5-9-13(12)11-6-2-1-3-7-11;2-1(3)4/h1-9H,10,14H2;(H2,2,3,4). The lowest BCUT2D eigenvalue weighted by atomic mass is 10.00. The van der Waals surface area contributed by atoms with E-state index in [4.69, 9.17) is 20.7 Å². The van der Waals surface area contributed by atoms with Gasteiger partial charge < -0.3 is 15.9 Å². The van der Waals surface area contributed by atoms with Gasteiger partial charge in [-0.1, -0.05) is 54.6 Å². The van der Waals surface area contributed by atoms with E-state index in [1.54, 1.807) is 0 Å². The highest BCUT2D eigenvalue weighted by Crippen LogP contribution is 2.22. The summed E-state index contributed by atoms with van der Waals surface area (Å²) >= 11 is 0. The zero-order chi connectivity index (χ0) is 13.4. The Hall–Kier alpha value is -2.33. The van der Waals surface area contributed by atoms with Gasteiger partial charge in [0.25, 0.3) is 0 Å². The molecular formula is C14H15NO3. The van der Waals surface area contributed by atoms with Gasteiger partial charge in [0.15, 0.2) is 0 Å². The van der Waals surface area contributed by atoms with E-state index in [-0.39, 0.29) is 0 Å². The van der Waals surface area contributed by atoms with Gasteiger partial charge in [0, 0.05) is 6.54 Å². The second kappa shape index (κ2) is 7.09. The van der Waals surface area contributed by atoms with Gasteiger partial charge in [0.1, 0.15) is 0 Å². The van der Waals surface area contributed by atoms with Gasteiger partial charge in [-0.3, -0.25) is 0 Å². The molecule has 0 radical (unpaired) electrons. The Morgan fingerprint density at radius 2 is 1.44 bits per heavy atom. The number of benzene rings is 2. The van der Waals surface area contributed by atoms with Crippen molar-refractivity contribution in [2.75, 3.05) is 0 Å². The maximum Gasteiger partial charge on any atom is 0.503 e. The topological polar surface area (TPSA) is 83.6 Å². The maximum absolute atomic E-state index is 8.56. The SMILES string of the molecule is NCc1ccccc1-c1ccccc1.O=C(O)O. The molecule has 0 bridgehead atoms. The van der Waals surface area contributed by atoms with E-state index in [1.807, 2.05) is 30.3 Å². The zero-order valence-corrected chi connectivity index (χ0v) is 9.78. The number of carboxylic acid groups (broad SMARTS) is 2. The van der Waals surface area contributed by atoms with Crippen LogP contribution in [0.3, 0.4) is 0 Å². The van der Waals surface area contributed by atoms with Crippen molar-refractivity contribution >= 4 is 6.16 Å². The number of hydrogen-bond donors (Lipinski definition) is 3. The molecule has 0 saturated carbocycles. The molecule has 94 valence electrons. The molecule has 0 amide bonds. The highest BCUT2D eigenvalue weighted by Gasteiger charge is 2.00. The predicted octanol–water partition coefficient (Wildman–Crippen LogP) is 3.03. The summed E-state index contributed by atoms with van der Waals surface area (Å²) in [6, 6.07) is 18.6. The second-order valence-corrected chi connectivity index (χ2v) is 3.51. The average Bonchev–Trinajstić information content (AvgIpc) is 2.39. The van der Waals surface area contributed by atoms with Crippen LogP contribution in [0, 0.1) is 0 Å². The molecule has 4 nitrogen and oxygen atoms in total. The van der Waals surface area contributed by atoms with Crippen molar-refractivity contribution in [3.05, 3.63) is 60.2 Å². The lowest BCUT2D eigenvalue weighted by molar-refractivity contribution is 0.137. The lowest BCUT2D eigenvalue weighted by Gasteiger charge is -2.06. The van der Waals surface area contributed by atoms with Crippen LogP contribution in [0.2, 0.25) is 0 Å². The van der Waals surface area contributed by atoms with Crippen molar-refractivity contribution in [3.8, 4) is 11.1 Å². The largest absolute Gasteiger partial charge is 0.503 e. The van der Waals surface area contributed by atoms with Gasteiger partial charge >= 0.3 is 6.16 Å². The van der Waals surface area contributed by atoms with Gasteiger partial charge in [-0.2, -0.15) is 0 Å². The van der Waals surface area contributed by atoms with Gasteiger partial charge in [-0.15, -0.1) is 0 Å². The summed E-state index contributed by atoms with van der Waals surface area (Å²) < 4.78 is 0. The molecule has 2 rings (SSSR count). The minimum Gasteiger partial charge on any atom is -0.450 e. The fourth-order valence-electron chi connectivity index (χ4n) is 1.60. The number of carbonyl (C=O) groups is 1. The summed E-state index contributed by atoms with van der Waals surface area (Å²) in [6.45, 7) is 0.588. The van der Waals surface area contributed by atoms with Crippen LogP contribution >= 0.6 is 0 Å². The highest BCUT2D eigenvalue weighted by molar-refractivity contribution is 5.67. The molecule has 0 unspecified atom stereocenters. The Morgan fingerprint density at radius 3 is 2.00 bits per heavy atom. The van der Waals surface area contributed by atoms with Crippen molar-refractivity contribution in [1.82, 2.24) is 0 Å². The third-order valence-corrected chi connectivity index (χ3v) is 2.32. The molecule has 0 aliphatic heterocycles. The molecule has 2 aromatic rings. The van der Waals surface area contributed by atoms with E-state index in [9.17, 15) is 0 Å². The number of nitrogens with two attached hydrogens (primary N) is 1. The van der Waals surface area contributed by atoms with Crippen LogP contribution in [0.4, 0.5) is 4.79 Å². The third-order valence-electron chi connectivity index (χ3n) is 2.32. The van der Waals surface area contributed by atoms with Crippen LogP contribution in [0.5, 0.6) is 0 Å². The van der Waals surface area contributed by atoms with Crippen molar-refractivity contribution in [3.63, 3.8) is 0 Å². The van der Waals surface area contributed by atoms with Crippen molar-refractivity contribution < 1.29 is 15.0 Å². The normalized spacial score (nSPS) is 9.17. The molecule has 0 saturated heterocycles. The molecule has 2 aromatic carbocycles. The third kappa shape index (κ3) is 4.27. The van der Waals surface area contributed by atoms with Gasteiger partial charge in [0.2, 0.25) is 0 Å². The van der Waals surface area contributed by atoms with Crippen LogP contribution in [0.25, 0.3) is 11.1 Å². The Balaban J connectivity index is 0.000000357. The lowest BCUT2D eigenvalue weighted by Crippen LogP contribution is -1.98. The van der Waals surface area contributed by atoms with Crippen molar-refractivity contribution in [2.45, 2.75) is 6.54 Å². The maximum atomic E-state index is 8.56. The smallest absolute Gasteiger partial charge is 0.450 e. The van der Waals surface area contributed by atoms with Gasteiger partial charge in [0.05, 0.1) is 0 Å². The number of rotatable bonds is 2. The molecule has 0 heterocycles. The quantitative estimate of drug-likeness (QED) is 0.759. The van der Waals surface area contributed by atoms with Crippen LogP contribution in [-0.2, 0) is 6.54 Å². The Bertz CT molecular complexity index is 493. The molecule has 18 heavy (non-hydrogen) atoms. The summed E-state index contributed by atoms with van der Waals surface area (Å²) in [4.78, 5) is 8.56. The average molecular weight is 245 g/mol. The molecule has 0 atom stereocenters. The molecule has 0 spiro atoms. The summed E-state index contributed by atoms with van der Waals surface area (Å²) in [5.41, 5.74) is 9.34. The first-order valence-corrected chi connectivity index (χ1v) is 5.40. The highest BCUT2D eigenvalue weighted by atomic mass is 16.6. The predicted molar refractivity (Wildman–Crippen MR) is 70.4 cm³/mol. The molecule has 4 heteroatoms. The van der Waals surface area contributed by atoms with E-state index in [0.29, 0.717) is 6.54 Å². The number of hydrogen-bond acceptors (Lipinski definition) is 2. The monoisotopic (exact) mass is 245 g/mol. The first kappa shape index (κ1) is 13.7. The first-order chi connectivity index (χ1) is 8.65. The first-order valence-electron chi connectivity index (χ1n) is 5.40. The van der Waals surface area contributed by atoms with E-state index >= 15 is 0 Å². The Kier molecular flexibility index (Phi) is 5.41. The molecule has 0 aliphatic carbocycles. The van der Waals surface area contributed by atoms with Crippen molar-refractivity contribution in [2.24, 2.45) is 5.73 Å². The molecular weight excluding hydrogens is 230 g/mol. The molecule has 0 aliphatic rings.